The topological polar surface area (TPSA) is 57.0 Å². The normalized spacial score (nSPS) is 10.8. The van der Waals surface area contributed by atoms with E-state index < -0.39 is 0 Å². The molecule has 0 unspecified atom stereocenters. The van der Waals surface area contributed by atoms with Gasteiger partial charge in [0, 0.05) is 24.5 Å². The van der Waals surface area contributed by atoms with Gasteiger partial charge in [0.25, 0.3) is 0 Å². The van der Waals surface area contributed by atoms with Crippen LogP contribution >= 0.6 is 11.3 Å². The van der Waals surface area contributed by atoms with Gasteiger partial charge in [-0.15, -0.1) is 11.3 Å². The van der Waals surface area contributed by atoms with Gasteiger partial charge in [-0.1, -0.05) is 24.3 Å². The minimum atomic E-state index is -0.336. The van der Waals surface area contributed by atoms with E-state index >= 15 is 0 Å². The lowest BCUT2D eigenvalue weighted by Crippen LogP contribution is -2.28. The van der Waals surface area contributed by atoms with Crippen molar-refractivity contribution in [3.8, 4) is 6.07 Å². The number of benzene rings is 2. The lowest BCUT2D eigenvalue weighted by Gasteiger charge is -2.22. The molecule has 28 heavy (non-hydrogen) atoms. The van der Waals surface area contributed by atoms with Gasteiger partial charge in [-0.05, 0) is 48.4 Å². The molecule has 3 rings (SSSR count). The summed E-state index contributed by atoms with van der Waals surface area (Å²) < 4.78 is 13.5. The molecule has 0 aliphatic carbocycles. The van der Waals surface area contributed by atoms with Gasteiger partial charge in [-0.2, -0.15) is 5.26 Å². The average Bonchev–Trinajstić information content (AvgIpc) is 3.11. The first-order chi connectivity index (χ1) is 13.5. The van der Waals surface area contributed by atoms with E-state index in [9.17, 15) is 9.18 Å². The number of thiazole rings is 1. The molecule has 1 aromatic heterocycles. The lowest BCUT2D eigenvalue weighted by atomic mass is 10.1. The SMILES string of the molecule is Cc1nc(/C=C/C(=O)N(Cc2ccc(C#N)cc2)Cc2cccc(F)c2)cs1. The summed E-state index contributed by atoms with van der Waals surface area (Å²) in [5.41, 5.74) is 2.90. The van der Waals surface area contributed by atoms with E-state index in [4.69, 9.17) is 5.26 Å². The Labute approximate surface area is 167 Å². The summed E-state index contributed by atoms with van der Waals surface area (Å²) in [7, 11) is 0. The number of halogens is 1. The van der Waals surface area contributed by atoms with Crippen LogP contribution in [0.1, 0.15) is 27.4 Å². The van der Waals surface area contributed by atoms with Gasteiger partial charge in [0.2, 0.25) is 5.91 Å². The lowest BCUT2D eigenvalue weighted by molar-refractivity contribution is -0.127. The van der Waals surface area contributed by atoms with E-state index in [2.05, 4.69) is 11.1 Å². The first kappa shape index (κ1) is 19.5. The number of hydrogen-bond acceptors (Lipinski definition) is 4. The molecular weight excluding hydrogens is 373 g/mol. The number of aromatic nitrogens is 1. The van der Waals surface area contributed by atoms with Crippen molar-refractivity contribution in [2.75, 3.05) is 0 Å². The molecule has 1 heterocycles. The molecule has 3 aromatic rings. The minimum absolute atomic E-state index is 0.195. The number of hydrogen-bond donors (Lipinski definition) is 0. The number of rotatable bonds is 6. The van der Waals surface area contributed by atoms with Gasteiger partial charge in [-0.3, -0.25) is 4.79 Å². The Kier molecular flexibility index (Phi) is 6.30. The highest BCUT2D eigenvalue weighted by atomic mass is 32.1. The highest BCUT2D eigenvalue weighted by Gasteiger charge is 2.13. The van der Waals surface area contributed by atoms with E-state index in [-0.39, 0.29) is 18.3 Å². The third-order valence-corrected chi connectivity index (χ3v) is 4.86. The van der Waals surface area contributed by atoms with Crippen LogP contribution in [-0.2, 0) is 17.9 Å². The number of aryl methyl sites for hydroxylation is 1. The molecule has 0 aliphatic heterocycles. The van der Waals surface area contributed by atoms with E-state index in [0.717, 1.165) is 16.3 Å². The van der Waals surface area contributed by atoms with Gasteiger partial charge in [0.15, 0.2) is 0 Å². The molecule has 0 fully saturated rings. The van der Waals surface area contributed by atoms with Crippen molar-refractivity contribution in [2.24, 2.45) is 0 Å². The predicted molar refractivity (Wildman–Crippen MR) is 108 cm³/mol. The summed E-state index contributed by atoms with van der Waals surface area (Å²) in [6, 6.07) is 15.4. The van der Waals surface area contributed by atoms with Gasteiger partial charge >= 0.3 is 0 Å². The standard InChI is InChI=1S/C22H18FN3OS/c1-16-25-21(15-28-16)9-10-22(27)26(14-19-3-2-4-20(23)11-19)13-18-7-5-17(12-24)6-8-18/h2-11,15H,13-14H2,1H3/b10-9+. The quantitative estimate of drug-likeness (QED) is 0.572. The fourth-order valence-electron chi connectivity index (χ4n) is 2.69. The minimum Gasteiger partial charge on any atom is -0.331 e. The second-order valence-electron chi connectivity index (χ2n) is 6.26. The predicted octanol–water partition coefficient (Wildman–Crippen LogP) is 4.70. The molecule has 140 valence electrons. The van der Waals surface area contributed by atoms with Crippen LogP contribution in [0.3, 0.4) is 0 Å². The first-order valence-electron chi connectivity index (χ1n) is 8.66. The number of nitrogens with zero attached hydrogens (tertiary/aromatic N) is 3. The molecule has 0 saturated carbocycles. The molecule has 1 amide bonds. The zero-order valence-electron chi connectivity index (χ0n) is 15.3. The number of carbonyl (C=O) groups is 1. The molecule has 6 heteroatoms. The van der Waals surface area contributed by atoms with Crippen molar-refractivity contribution in [2.45, 2.75) is 20.0 Å². The highest BCUT2D eigenvalue weighted by Crippen LogP contribution is 2.14. The summed E-state index contributed by atoms with van der Waals surface area (Å²) in [4.78, 5) is 18.8. The van der Waals surface area contributed by atoms with Crippen LogP contribution in [0.4, 0.5) is 4.39 Å². The smallest absolute Gasteiger partial charge is 0.247 e. The van der Waals surface area contributed by atoms with E-state index in [1.807, 2.05) is 24.4 Å². The summed E-state index contributed by atoms with van der Waals surface area (Å²) >= 11 is 1.52. The fraction of sp³-hybridized carbons (Fsp3) is 0.136. The number of carbonyl (C=O) groups excluding carboxylic acids is 1. The molecule has 0 aliphatic rings. The van der Waals surface area contributed by atoms with E-state index in [1.165, 1.54) is 29.5 Å². The van der Waals surface area contributed by atoms with Crippen LogP contribution in [0.5, 0.6) is 0 Å². The van der Waals surface area contributed by atoms with Crippen molar-refractivity contribution in [3.05, 3.63) is 93.2 Å². The van der Waals surface area contributed by atoms with Gasteiger partial charge in [0.05, 0.1) is 22.3 Å². The largest absolute Gasteiger partial charge is 0.331 e. The van der Waals surface area contributed by atoms with Crippen molar-refractivity contribution in [1.82, 2.24) is 9.88 Å². The van der Waals surface area contributed by atoms with E-state index in [1.54, 1.807) is 35.2 Å². The number of amides is 1. The third kappa shape index (κ3) is 5.35. The Morgan fingerprint density at radius 1 is 1.21 bits per heavy atom. The van der Waals surface area contributed by atoms with E-state index in [0.29, 0.717) is 17.7 Å². The molecule has 0 bridgehead atoms. The monoisotopic (exact) mass is 391 g/mol. The average molecular weight is 391 g/mol. The van der Waals surface area contributed by atoms with Crippen LogP contribution in [0.15, 0.2) is 60.0 Å². The maximum atomic E-state index is 13.5. The Balaban J connectivity index is 1.80. The van der Waals surface area contributed by atoms with Crippen LogP contribution in [0.25, 0.3) is 6.08 Å². The van der Waals surface area contributed by atoms with Crippen LogP contribution in [-0.4, -0.2) is 15.8 Å². The van der Waals surface area contributed by atoms with Crippen LogP contribution in [0, 0.1) is 24.1 Å². The summed E-state index contributed by atoms with van der Waals surface area (Å²) in [5.74, 6) is -0.531. The summed E-state index contributed by atoms with van der Waals surface area (Å²) in [6.07, 6.45) is 3.17. The van der Waals surface area contributed by atoms with Crippen molar-refractivity contribution in [3.63, 3.8) is 0 Å². The van der Waals surface area contributed by atoms with Crippen LogP contribution < -0.4 is 0 Å². The first-order valence-corrected chi connectivity index (χ1v) is 9.54. The molecule has 0 radical (unpaired) electrons. The van der Waals surface area contributed by atoms with Crippen LogP contribution in [0.2, 0.25) is 0 Å². The molecule has 0 spiro atoms. The molecule has 0 saturated heterocycles. The van der Waals surface area contributed by atoms with Crippen molar-refractivity contribution >= 4 is 23.3 Å². The summed E-state index contributed by atoms with van der Waals surface area (Å²) in [6.45, 7) is 2.53. The van der Waals surface area contributed by atoms with Gasteiger partial charge in [-0.25, -0.2) is 9.37 Å². The zero-order chi connectivity index (χ0) is 19.9. The van der Waals surface area contributed by atoms with Gasteiger partial charge < -0.3 is 4.90 Å². The number of nitriles is 1. The maximum absolute atomic E-state index is 13.5. The fourth-order valence-corrected chi connectivity index (χ4v) is 3.27. The zero-order valence-corrected chi connectivity index (χ0v) is 16.1. The third-order valence-electron chi connectivity index (χ3n) is 4.06. The second-order valence-corrected chi connectivity index (χ2v) is 7.32. The van der Waals surface area contributed by atoms with Gasteiger partial charge in [0.1, 0.15) is 5.82 Å². The van der Waals surface area contributed by atoms with Crippen molar-refractivity contribution in [1.29, 1.82) is 5.26 Å². The Bertz CT molecular complexity index is 1030. The Morgan fingerprint density at radius 3 is 2.61 bits per heavy atom. The summed E-state index contributed by atoms with van der Waals surface area (Å²) in [5, 5.41) is 11.8. The molecule has 0 atom stereocenters. The Hall–Kier alpha value is -3.30. The molecule has 2 aromatic carbocycles. The Morgan fingerprint density at radius 2 is 1.96 bits per heavy atom. The molecular formula is C22H18FN3OS. The maximum Gasteiger partial charge on any atom is 0.247 e. The molecule has 4 nitrogen and oxygen atoms in total. The highest BCUT2D eigenvalue weighted by molar-refractivity contribution is 7.09. The second kappa shape index (κ2) is 9.07. The molecule has 0 N–H and O–H groups in total. The van der Waals surface area contributed by atoms with Crippen molar-refractivity contribution < 1.29 is 9.18 Å².